The number of carbonyl (C=O) groups is 2. The van der Waals surface area contributed by atoms with Crippen LogP contribution in [0.1, 0.15) is 37.6 Å². The van der Waals surface area contributed by atoms with Gasteiger partial charge in [0, 0.05) is 30.8 Å². The van der Waals surface area contributed by atoms with Crippen LogP contribution in [0.15, 0.2) is 48.5 Å². The third-order valence-electron chi connectivity index (χ3n) is 5.85. The lowest BCUT2D eigenvalue weighted by molar-refractivity contribution is -0.116. The minimum Gasteiger partial charge on any atom is -0.497 e. The zero-order valence-electron chi connectivity index (χ0n) is 22.7. The van der Waals surface area contributed by atoms with Crippen molar-refractivity contribution < 1.29 is 19.1 Å². The number of anilines is 2. The molecule has 0 aliphatic rings. The summed E-state index contributed by atoms with van der Waals surface area (Å²) in [6.45, 7) is 10.6. The van der Waals surface area contributed by atoms with Gasteiger partial charge in [-0.25, -0.2) is 9.48 Å². The van der Waals surface area contributed by atoms with E-state index in [1.807, 2.05) is 32.0 Å². The molecule has 0 aliphatic heterocycles. The van der Waals surface area contributed by atoms with Gasteiger partial charge in [0.05, 0.1) is 25.1 Å². The van der Waals surface area contributed by atoms with Crippen LogP contribution < -0.4 is 15.4 Å². The van der Waals surface area contributed by atoms with Crippen molar-refractivity contribution in [3.8, 4) is 11.4 Å². The Bertz CT molecular complexity index is 1230. The van der Waals surface area contributed by atoms with Crippen LogP contribution in [0, 0.1) is 13.8 Å². The van der Waals surface area contributed by atoms with Crippen molar-refractivity contribution in [2.45, 2.75) is 40.0 Å². The highest BCUT2D eigenvalue weighted by atomic mass is 16.5. The Morgan fingerprint density at radius 1 is 1.00 bits per heavy atom. The quantitative estimate of drug-likeness (QED) is 0.429. The lowest BCUT2D eigenvalue weighted by atomic mass is 9.92. The number of urea groups is 1. The smallest absolute Gasteiger partial charge is 0.322 e. The lowest BCUT2D eigenvalue weighted by Gasteiger charge is -2.22. The van der Waals surface area contributed by atoms with Gasteiger partial charge in [0.1, 0.15) is 18.1 Å². The second-order valence-electron chi connectivity index (χ2n) is 9.99. The lowest BCUT2D eigenvalue weighted by Crippen LogP contribution is -2.42. The first-order valence-electron chi connectivity index (χ1n) is 12.2. The van der Waals surface area contributed by atoms with Crippen LogP contribution in [-0.2, 0) is 14.9 Å². The van der Waals surface area contributed by atoms with Gasteiger partial charge in [-0.2, -0.15) is 5.10 Å². The van der Waals surface area contributed by atoms with Crippen LogP contribution in [0.3, 0.4) is 0 Å². The minimum absolute atomic E-state index is 0.158. The third-order valence-corrected chi connectivity index (χ3v) is 5.85. The first-order chi connectivity index (χ1) is 17.5. The summed E-state index contributed by atoms with van der Waals surface area (Å²) >= 11 is 0. The van der Waals surface area contributed by atoms with E-state index >= 15 is 0 Å². The van der Waals surface area contributed by atoms with Gasteiger partial charge in [-0.05, 0) is 49.7 Å². The zero-order valence-corrected chi connectivity index (χ0v) is 22.7. The van der Waals surface area contributed by atoms with E-state index in [1.165, 1.54) is 4.90 Å². The molecule has 0 saturated carbocycles. The molecule has 2 N–H and O–H groups in total. The van der Waals surface area contributed by atoms with Crippen LogP contribution in [-0.4, -0.2) is 60.5 Å². The van der Waals surface area contributed by atoms with Crippen LogP contribution in [0.4, 0.5) is 16.3 Å². The Labute approximate surface area is 218 Å². The van der Waals surface area contributed by atoms with Crippen LogP contribution in [0.5, 0.6) is 5.75 Å². The summed E-state index contributed by atoms with van der Waals surface area (Å²) in [6.07, 6.45) is 0. The van der Waals surface area contributed by atoms with E-state index in [0.717, 1.165) is 22.5 Å². The van der Waals surface area contributed by atoms with Crippen molar-refractivity contribution in [3.63, 3.8) is 0 Å². The predicted molar refractivity (Wildman–Crippen MR) is 146 cm³/mol. The average molecular weight is 508 g/mol. The van der Waals surface area contributed by atoms with Gasteiger partial charge in [-0.3, -0.25) is 4.79 Å². The Morgan fingerprint density at radius 2 is 1.70 bits per heavy atom. The Hall–Kier alpha value is -3.85. The minimum atomic E-state index is -0.407. The molecule has 3 rings (SSSR count). The third kappa shape index (κ3) is 7.33. The van der Waals surface area contributed by atoms with Gasteiger partial charge in [0.25, 0.3) is 0 Å². The number of carbonyl (C=O) groups excluding carboxylic acids is 2. The van der Waals surface area contributed by atoms with Crippen molar-refractivity contribution in [1.29, 1.82) is 0 Å². The summed E-state index contributed by atoms with van der Waals surface area (Å²) in [4.78, 5) is 27.6. The van der Waals surface area contributed by atoms with Crippen LogP contribution >= 0.6 is 0 Å². The molecule has 3 amide bonds. The first-order valence-corrected chi connectivity index (χ1v) is 12.2. The van der Waals surface area contributed by atoms with Gasteiger partial charge in [-0.15, -0.1) is 0 Å². The second kappa shape index (κ2) is 11.9. The van der Waals surface area contributed by atoms with E-state index in [-0.39, 0.29) is 31.0 Å². The molecule has 3 aromatic rings. The number of ether oxygens (including phenoxy) is 2. The Morgan fingerprint density at radius 3 is 2.30 bits per heavy atom. The maximum atomic E-state index is 13.2. The van der Waals surface area contributed by atoms with Gasteiger partial charge in [-0.1, -0.05) is 38.5 Å². The molecule has 9 nitrogen and oxygen atoms in total. The molecular weight excluding hydrogens is 470 g/mol. The fourth-order valence-electron chi connectivity index (χ4n) is 3.75. The fourth-order valence-corrected chi connectivity index (χ4v) is 3.75. The number of amides is 3. The number of nitrogens with one attached hydrogen (secondary N) is 2. The van der Waals surface area contributed by atoms with Gasteiger partial charge < -0.3 is 25.0 Å². The highest BCUT2D eigenvalue weighted by Gasteiger charge is 2.23. The van der Waals surface area contributed by atoms with E-state index in [0.29, 0.717) is 17.3 Å². The average Bonchev–Trinajstić information content (AvgIpc) is 3.26. The molecule has 0 aliphatic carbocycles. The largest absolute Gasteiger partial charge is 0.497 e. The van der Waals surface area contributed by atoms with E-state index < -0.39 is 6.03 Å². The summed E-state index contributed by atoms with van der Waals surface area (Å²) in [5, 5.41) is 10.6. The molecule has 198 valence electrons. The summed E-state index contributed by atoms with van der Waals surface area (Å²) < 4.78 is 12.1. The molecule has 1 heterocycles. The van der Waals surface area contributed by atoms with E-state index in [1.54, 1.807) is 43.2 Å². The Kier molecular flexibility index (Phi) is 8.94. The molecule has 37 heavy (non-hydrogen) atoms. The van der Waals surface area contributed by atoms with Crippen molar-refractivity contribution >= 4 is 23.4 Å². The summed E-state index contributed by atoms with van der Waals surface area (Å²) in [7, 11) is 3.13. The normalized spacial score (nSPS) is 11.2. The van der Waals surface area contributed by atoms with E-state index in [2.05, 4.69) is 37.5 Å². The van der Waals surface area contributed by atoms with Crippen molar-refractivity contribution in [1.82, 2.24) is 14.7 Å². The number of hydrogen-bond donors (Lipinski definition) is 2. The van der Waals surface area contributed by atoms with E-state index in [4.69, 9.17) is 14.6 Å². The number of methoxy groups -OCH3 is 2. The maximum absolute atomic E-state index is 13.2. The molecule has 0 saturated heterocycles. The summed E-state index contributed by atoms with van der Waals surface area (Å²) in [5.74, 6) is 0.889. The first kappa shape index (κ1) is 27.7. The molecule has 0 radical (unpaired) electrons. The molecule has 0 spiro atoms. The van der Waals surface area contributed by atoms with Crippen molar-refractivity contribution in [2.75, 3.05) is 44.5 Å². The molecular formula is C28H37N5O4. The molecule has 2 aromatic carbocycles. The number of aryl methyl sites for hydroxylation is 2. The molecule has 0 fully saturated rings. The SMILES string of the molecule is COCCN(CC(=O)Nc1cc(C(C)(C)C)nn1-c1ccc(C)cc1C)C(=O)Nc1ccc(OC)cc1. The zero-order chi connectivity index (χ0) is 27.2. The molecule has 1 aromatic heterocycles. The maximum Gasteiger partial charge on any atom is 0.322 e. The topological polar surface area (TPSA) is 97.7 Å². The second-order valence-corrected chi connectivity index (χ2v) is 9.99. The van der Waals surface area contributed by atoms with Gasteiger partial charge >= 0.3 is 6.03 Å². The summed E-state index contributed by atoms with van der Waals surface area (Å²) in [5.41, 5.74) is 4.29. The highest BCUT2D eigenvalue weighted by molar-refractivity contribution is 5.96. The Balaban J connectivity index is 1.81. The monoisotopic (exact) mass is 507 g/mol. The number of nitrogens with zero attached hydrogens (tertiary/aromatic N) is 3. The van der Waals surface area contributed by atoms with Crippen molar-refractivity contribution in [2.24, 2.45) is 0 Å². The summed E-state index contributed by atoms with van der Waals surface area (Å²) in [6, 6.07) is 14.5. The van der Waals surface area contributed by atoms with Crippen LogP contribution in [0.2, 0.25) is 0 Å². The fraction of sp³-hybridized carbons (Fsp3) is 0.393. The van der Waals surface area contributed by atoms with Gasteiger partial charge in [0.15, 0.2) is 0 Å². The van der Waals surface area contributed by atoms with Crippen LogP contribution in [0.25, 0.3) is 5.69 Å². The number of aromatic nitrogens is 2. The molecule has 0 atom stereocenters. The number of rotatable bonds is 9. The van der Waals surface area contributed by atoms with E-state index in [9.17, 15) is 9.59 Å². The standard InChI is InChI=1S/C28H37N5O4/c1-19-8-13-23(20(2)16-19)33-25(17-24(31-33)28(3,4)5)30-26(34)18-32(14-15-36-6)27(35)29-21-9-11-22(37-7)12-10-21/h8-13,16-17H,14-15,18H2,1-7H3,(H,29,35)(H,30,34). The predicted octanol–water partition coefficient (Wildman–Crippen LogP) is 4.91. The number of benzene rings is 2. The molecule has 9 heteroatoms. The molecule has 0 bridgehead atoms. The number of hydrogen-bond acceptors (Lipinski definition) is 5. The van der Waals surface area contributed by atoms with Crippen molar-refractivity contribution in [3.05, 3.63) is 65.4 Å². The highest BCUT2D eigenvalue weighted by Crippen LogP contribution is 2.28. The molecule has 0 unspecified atom stereocenters. The van der Waals surface area contributed by atoms with Gasteiger partial charge in [0.2, 0.25) is 5.91 Å².